The zero-order valence-electron chi connectivity index (χ0n) is 12.2. The molecular weight excluding hydrogens is 341 g/mol. The van der Waals surface area contributed by atoms with E-state index in [1.165, 1.54) is 24.3 Å². The number of benzene rings is 1. The van der Waals surface area contributed by atoms with Crippen molar-refractivity contribution in [3.05, 3.63) is 46.6 Å². The van der Waals surface area contributed by atoms with Gasteiger partial charge in [-0.05, 0) is 42.3 Å². The first-order chi connectivity index (χ1) is 10.8. The van der Waals surface area contributed by atoms with Crippen LogP contribution < -0.4 is 10.1 Å². The van der Waals surface area contributed by atoms with E-state index in [0.29, 0.717) is 22.6 Å². The molecule has 5 nitrogen and oxygen atoms in total. The molecule has 23 heavy (non-hydrogen) atoms. The lowest BCUT2D eigenvalue weighted by molar-refractivity contribution is 0.0919. The van der Waals surface area contributed by atoms with Crippen molar-refractivity contribution in [3.63, 3.8) is 0 Å². The number of rotatable bonds is 3. The molecule has 1 aliphatic heterocycles. The number of hydrogen-bond acceptors (Lipinski definition) is 5. The maximum Gasteiger partial charge on any atom is 0.261 e. The summed E-state index contributed by atoms with van der Waals surface area (Å²) in [5.74, 6) is -0.0962. The van der Waals surface area contributed by atoms with Crippen LogP contribution in [-0.2, 0) is 16.3 Å². The van der Waals surface area contributed by atoms with Crippen molar-refractivity contribution in [2.24, 2.45) is 0 Å². The molecule has 1 atom stereocenters. The molecule has 0 spiro atoms. The highest BCUT2D eigenvalue weighted by Gasteiger charge is 2.23. The smallest absolute Gasteiger partial charge is 0.261 e. The second kappa shape index (κ2) is 5.93. The van der Waals surface area contributed by atoms with Crippen molar-refractivity contribution in [1.82, 2.24) is 5.32 Å². The number of carbonyl (C=O) groups is 1. The standard InChI is InChI=1S/C15H14FNO4S2/c1-23(19,20)14-5-4-13(22-14)15(18)17-11-7-9-6-10(16)2-3-12(9)21-8-11/h2-6,11H,7-8H2,1H3,(H,17,18). The second-order valence-corrected chi connectivity index (χ2v) is 8.65. The Morgan fingerprint density at radius 1 is 1.35 bits per heavy atom. The van der Waals surface area contributed by atoms with Gasteiger partial charge in [0.1, 0.15) is 22.4 Å². The third-order valence-electron chi connectivity index (χ3n) is 3.43. The fraction of sp³-hybridized carbons (Fsp3) is 0.267. The Hall–Kier alpha value is -1.93. The summed E-state index contributed by atoms with van der Waals surface area (Å²) in [6.45, 7) is 0.286. The largest absolute Gasteiger partial charge is 0.491 e. The molecule has 0 aliphatic carbocycles. The van der Waals surface area contributed by atoms with E-state index in [9.17, 15) is 17.6 Å². The Morgan fingerprint density at radius 2 is 2.13 bits per heavy atom. The zero-order valence-corrected chi connectivity index (χ0v) is 13.8. The van der Waals surface area contributed by atoms with E-state index in [4.69, 9.17) is 4.74 Å². The van der Waals surface area contributed by atoms with Gasteiger partial charge in [0.25, 0.3) is 5.91 Å². The van der Waals surface area contributed by atoms with Crippen LogP contribution in [0.25, 0.3) is 0 Å². The molecule has 1 unspecified atom stereocenters. The minimum atomic E-state index is -3.32. The summed E-state index contributed by atoms with van der Waals surface area (Å²) in [4.78, 5) is 12.5. The Labute approximate surface area is 137 Å². The Kier molecular flexibility index (Phi) is 4.11. The molecule has 1 amide bonds. The average Bonchev–Trinajstić information content (AvgIpc) is 2.96. The van der Waals surface area contributed by atoms with Gasteiger partial charge < -0.3 is 10.1 Å². The molecule has 0 radical (unpaired) electrons. The Balaban J connectivity index is 1.70. The van der Waals surface area contributed by atoms with Crippen LogP contribution in [0.1, 0.15) is 15.2 Å². The molecule has 2 heterocycles. The minimum Gasteiger partial charge on any atom is -0.491 e. The summed E-state index contributed by atoms with van der Waals surface area (Å²) >= 11 is 0.924. The summed E-state index contributed by atoms with van der Waals surface area (Å²) in [6, 6.07) is 6.89. The van der Waals surface area contributed by atoms with Crippen LogP contribution in [0.4, 0.5) is 4.39 Å². The first-order valence-electron chi connectivity index (χ1n) is 6.85. The van der Waals surface area contributed by atoms with Crippen LogP contribution in [0.2, 0.25) is 0 Å². The van der Waals surface area contributed by atoms with Crippen molar-refractivity contribution in [2.75, 3.05) is 12.9 Å². The first-order valence-corrected chi connectivity index (χ1v) is 9.56. The van der Waals surface area contributed by atoms with Crippen LogP contribution in [0.3, 0.4) is 0 Å². The predicted octanol–water partition coefficient (Wildman–Crippen LogP) is 2.02. The molecule has 1 N–H and O–H groups in total. The van der Waals surface area contributed by atoms with Gasteiger partial charge in [-0.2, -0.15) is 0 Å². The van der Waals surface area contributed by atoms with Crippen LogP contribution in [-0.4, -0.2) is 33.2 Å². The summed E-state index contributed by atoms with van der Waals surface area (Å²) < 4.78 is 41.8. The Bertz CT molecular complexity index is 860. The minimum absolute atomic E-state index is 0.148. The van der Waals surface area contributed by atoms with Crippen LogP contribution in [0, 0.1) is 5.82 Å². The molecule has 3 rings (SSSR count). The molecule has 122 valence electrons. The summed E-state index contributed by atoms with van der Waals surface area (Å²) in [5.41, 5.74) is 0.699. The summed E-state index contributed by atoms with van der Waals surface area (Å²) in [5, 5.41) is 2.79. The maximum absolute atomic E-state index is 13.3. The van der Waals surface area contributed by atoms with Crippen molar-refractivity contribution >= 4 is 27.1 Å². The van der Waals surface area contributed by atoms with Crippen molar-refractivity contribution in [2.45, 2.75) is 16.7 Å². The molecule has 0 bridgehead atoms. The number of fused-ring (bicyclic) bond motifs is 1. The molecule has 1 aromatic carbocycles. The highest BCUT2D eigenvalue weighted by atomic mass is 32.2. The third-order valence-corrected chi connectivity index (χ3v) is 6.34. The molecule has 8 heteroatoms. The second-order valence-electron chi connectivity index (χ2n) is 5.33. The molecule has 2 aromatic rings. The van der Waals surface area contributed by atoms with E-state index in [2.05, 4.69) is 5.32 Å². The van der Waals surface area contributed by atoms with E-state index < -0.39 is 9.84 Å². The van der Waals surface area contributed by atoms with E-state index in [1.807, 2.05) is 0 Å². The lowest BCUT2D eigenvalue weighted by Gasteiger charge is -2.25. The van der Waals surface area contributed by atoms with E-state index >= 15 is 0 Å². The van der Waals surface area contributed by atoms with Crippen molar-refractivity contribution in [3.8, 4) is 5.75 Å². The monoisotopic (exact) mass is 355 g/mol. The lowest BCUT2D eigenvalue weighted by Crippen LogP contribution is -2.42. The van der Waals surface area contributed by atoms with Crippen LogP contribution >= 0.6 is 11.3 Å². The third kappa shape index (κ3) is 3.53. The van der Waals surface area contributed by atoms with Gasteiger partial charge in [-0.1, -0.05) is 0 Å². The molecule has 1 aliphatic rings. The van der Waals surface area contributed by atoms with Gasteiger partial charge in [0.2, 0.25) is 0 Å². The van der Waals surface area contributed by atoms with Gasteiger partial charge in [0, 0.05) is 6.26 Å². The quantitative estimate of drug-likeness (QED) is 0.914. The maximum atomic E-state index is 13.3. The highest BCUT2D eigenvalue weighted by Crippen LogP contribution is 2.26. The highest BCUT2D eigenvalue weighted by molar-refractivity contribution is 7.92. The van der Waals surface area contributed by atoms with Gasteiger partial charge in [-0.3, -0.25) is 4.79 Å². The van der Waals surface area contributed by atoms with Crippen molar-refractivity contribution < 1.29 is 22.3 Å². The van der Waals surface area contributed by atoms with Gasteiger partial charge in [0.05, 0.1) is 10.9 Å². The molecule has 1 aromatic heterocycles. The number of halogens is 1. The first kappa shape index (κ1) is 15.9. The number of amides is 1. The lowest BCUT2D eigenvalue weighted by atomic mass is 10.0. The van der Waals surface area contributed by atoms with Gasteiger partial charge in [0.15, 0.2) is 9.84 Å². The summed E-state index contributed by atoms with van der Waals surface area (Å²) in [6.07, 6.45) is 1.56. The number of hydrogen-bond donors (Lipinski definition) is 1. The number of thiophene rings is 1. The SMILES string of the molecule is CS(=O)(=O)c1ccc(C(=O)NC2COc3ccc(F)cc3C2)s1. The number of sulfone groups is 1. The summed E-state index contributed by atoms with van der Waals surface area (Å²) in [7, 11) is -3.32. The van der Waals surface area contributed by atoms with Crippen LogP contribution in [0.5, 0.6) is 5.75 Å². The number of nitrogens with one attached hydrogen (secondary N) is 1. The molecule has 0 fully saturated rings. The van der Waals surface area contributed by atoms with Crippen LogP contribution in [0.15, 0.2) is 34.5 Å². The zero-order chi connectivity index (χ0) is 16.6. The van der Waals surface area contributed by atoms with Gasteiger partial charge in [-0.15, -0.1) is 11.3 Å². The normalized spacial score (nSPS) is 17.2. The van der Waals surface area contributed by atoms with Gasteiger partial charge in [-0.25, -0.2) is 12.8 Å². The molecule has 0 saturated heterocycles. The predicted molar refractivity (Wildman–Crippen MR) is 84.3 cm³/mol. The number of ether oxygens (including phenoxy) is 1. The average molecular weight is 355 g/mol. The van der Waals surface area contributed by atoms with E-state index in [-0.39, 0.29) is 28.6 Å². The van der Waals surface area contributed by atoms with Crippen molar-refractivity contribution in [1.29, 1.82) is 0 Å². The van der Waals surface area contributed by atoms with Gasteiger partial charge >= 0.3 is 0 Å². The fourth-order valence-corrected chi connectivity index (χ4v) is 4.18. The number of carbonyl (C=O) groups excluding carboxylic acids is 1. The Morgan fingerprint density at radius 3 is 2.83 bits per heavy atom. The van der Waals surface area contributed by atoms with E-state index in [1.54, 1.807) is 6.07 Å². The topological polar surface area (TPSA) is 72.5 Å². The van der Waals surface area contributed by atoms with E-state index in [0.717, 1.165) is 17.6 Å². The fourth-order valence-electron chi connectivity index (χ4n) is 2.35. The molecular formula is C15H14FNO4S2. The molecule has 0 saturated carbocycles.